The number of aromatic hydroxyl groups is 1. The Morgan fingerprint density at radius 3 is 3.00 bits per heavy atom. The number of rotatable bonds is 4. The zero-order valence-corrected chi connectivity index (χ0v) is 10.7. The van der Waals surface area contributed by atoms with Crippen LogP contribution in [0.4, 0.5) is 0 Å². The Morgan fingerprint density at radius 1 is 1.44 bits per heavy atom. The van der Waals surface area contributed by atoms with Crippen molar-refractivity contribution in [3.8, 4) is 6.01 Å². The van der Waals surface area contributed by atoms with Crippen LogP contribution in [-0.2, 0) is 6.54 Å². The molecule has 2 aromatic heterocycles. The minimum absolute atomic E-state index is 0.0525. The van der Waals surface area contributed by atoms with E-state index in [1.54, 1.807) is 6.20 Å². The summed E-state index contributed by atoms with van der Waals surface area (Å²) in [5, 5.41) is 9.72. The zero-order chi connectivity index (χ0) is 11.5. The number of aromatic nitrogens is 3. The molecule has 0 aliphatic heterocycles. The van der Waals surface area contributed by atoms with Crippen molar-refractivity contribution in [3.63, 3.8) is 0 Å². The van der Waals surface area contributed by atoms with E-state index in [9.17, 15) is 5.11 Å². The van der Waals surface area contributed by atoms with Gasteiger partial charge in [-0.15, -0.1) is 0 Å². The molecule has 2 rings (SSSR count). The van der Waals surface area contributed by atoms with Crippen LogP contribution in [0.3, 0.4) is 0 Å². The van der Waals surface area contributed by atoms with Crippen LogP contribution in [0.2, 0.25) is 0 Å². The molecule has 0 radical (unpaired) electrons. The maximum absolute atomic E-state index is 9.72. The topological polar surface area (TPSA) is 50.9 Å². The van der Waals surface area contributed by atoms with Gasteiger partial charge in [-0.2, -0.15) is 4.98 Å². The predicted molar refractivity (Wildman–Crippen MR) is 66.4 cm³/mol. The summed E-state index contributed by atoms with van der Waals surface area (Å²) >= 11 is 3.37. The van der Waals surface area contributed by atoms with Crippen LogP contribution in [0.1, 0.15) is 26.2 Å². The van der Waals surface area contributed by atoms with Crippen molar-refractivity contribution >= 4 is 27.1 Å². The van der Waals surface area contributed by atoms with Crippen molar-refractivity contribution in [1.29, 1.82) is 0 Å². The van der Waals surface area contributed by atoms with Gasteiger partial charge in [0.2, 0.25) is 0 Å². The fourth-order valence-electron chi connectivity index (χ4n) is 1.71. The first-order valence-corrected chi connectivity index (χ1v) is 6.22. The van der Waals surface area contributed by atoms with Gasteiger partial charge in [0.05, 0.1) is 5.52 Å². The maximum Gasteiger partial charge on any atom is 0.296 e. The summed E-state index contributed by atoms with van der Waals surface area (Å²) < 4.78 is 2.71. The van der Waals surface area contributed by atoms with E-state index in [-0.39, 0.29) is 6.01 Å². The van der Waals surface area contributed by atoms with Crippen LogP contribution >= 0.6 is 15.9 Å². The van der Waals surface area contributed by atoms with E-state index in [0.29, 0.717) is 5.65 Å². The predicted octanol–water partition coefficient (Wildman–Crippen LogP) is 3.09. The van der Waals surface area contributed by atoms with Gasteiger partial charge in [-0.25, -0.2) is 4.98 Å². The van der Waals surface area contributed by atoms with E-state index >= 15 is 0 Å². The molecule has 0 saturated carbocycles. The number of hydrogen-bond donors (Lipinski definition) is 1. The molecule has 1 N–H and O–H groups in total. The third-order valence-corrected chi connectivity index (χ3v) is 2.97. The summed E-state index contributed by atoms with van der Waals surface area (Å²) in [7, 11) is 0. The smallest absolute Gasteiger partial charge is 0.296 e. The zero-order valence-electron chi connectivity index (χ0n) is 9.15. The number of nitrogens with zero attached hydrogens (tertiary/aromatic N) is 3. The molecule has 86 valence electrons. The third-order valence-electron chi connectivity index (χ3n) is 2.54. The van der Waals surface area contributed by atoms with Gasteiger partial charge >= 0.3 is 0 Å². The summed E-state index contributed by atoms with van der Waals surface area (Å²) in [5.41, 5.74) is 1.47. The first-order valence-electron chi connectivity index (χ1n) is 5.43. The molecule has 2 aromatic rings. The molecule has 5 heteroatoms. The largest absolute Gasteiger partial charge is 0.480 e. The number of imidazole rings is 1. The Balaban J connectivity index is 2.34. The quantitative estimate of drug-likeness (QED) is 0.878. The molecule has 2 heterocycles. The van der Waals surface area contributed by atoms with Gasteiger partial charge in [0.15, 0.2) is 5.65 Å². The number of halogens is 1. The fourth-order valence-corrected chi connectivity index (χ4v) is 2.03. The normalized spacial score (nSPS) is 11.1. The van der Waals surface area contributed by atoms with Gasteiger partial charge in [0.1, 0.15) is 0 Å². The van der Waals surface area contributed by atoms with Crippen molar-refractivity contribution in [2.45, 2.75) is 32.7 Å². The molecular weight excluding hydrogens is 270 g/mol. The highest BCUT2D eigenvalue weighted by Gasteiger charge is 2.10. The average molecular weight is 284 g/mol. The van der Waals surface area contributed by atoms with Gasteiger partial charge in [-0.05, 0) is 28.4 Å². The van der Waals surface area contributed by atoms with Gasteiger partial charge in [0.25, 0.3) is 6.01 Å². The maximum atomic E-state index is 9.72. The minimum Gasteiger partial charge on any atom is -0.480 e. The van der Waals surface area contributed by atoms with Gasteiger partial charge in [-0.3, -0.25) is 4.57 Å². The molecule has 0 saturated heterocycles. The summed E-state index contributed by atoms with van der Waals surface area (Å²) in [6.45, 7) is 2.94. The average Bonchev–Trinajstić information content (AvgIpc) is 2.56. The number of unbranched alkanes of at least 4 members (excludes halogenated alkanes) is 2. The number of hydrogen-bond acceptors (Lipinski definition) is 3. The second kappa shape index (κ2) is 4.82. The minimum atomic E-state index is 0.0525. The number of pyridine rings is 1. The highest BCUT2D eigenvalue weighted by molar-refractivity contribution is 9.10. The van der Waals surface area contributed by atoms with E-state index < -0.39 is 0 Å². The lowest BCUT2D eigenvalue weighted by Crippen LogP contribution is -1.97. The fraction of sp³-hybridized carbons (Fsp3) is 0.455. The summed E-state index contributed by atoms with van der Waals surface area (Å²) in [4.78, 5) is 8.17. The molecule has 4 nitrogen and oxygen atoms in total. The molecule has 0 unspecified atom stereocenters. The first kappa shape index (κ1) is 11.4. The first-order chi connectivity index (χ1) is 7.72. The van der Waals surface area contributed by atoms with Crippen LogP contribution in [0.25, 0.3) is 11.2 Å². The lowest BCUT2D eigenvalue weighted by Gasteiger charge is -2.04. The Bertz CT molecular complexity index is 495. The molecule has 0 bridgehead atoms. The van der Waals surface area contributed by atoms with Gasteiger partial charge in [0, 0.05) is 17.2 Å². The van der Waals surface area contributed by atoms with Gasteiger partial charge < -0.3 is 5.11 Å². The van der Waals surface area contributed by atoms with Crippen LogP contribution in [0.15, 0.2) is 16.7 Å². The van der Waals surface area contributed by atoms with E-state index in [1.165, 1.54) is 0 Å². The summed E-state index contributed by atoms with van der Waals surface area (Å²) in [5.74, 6) is 0. The van der Waals surface area contributed by atoms with Crippen LogP contribution in [-0.4, -0.2) is 19.6 Å². The highest BCUT2D eigenvalue weighted by atomic mass is 79.9. The number of fused-ring (bicyclic) bond motifs is 1. The highest BCUT2D eigenvalue weighted by Crippen LogP contribution is 2.22. The number of aryl methyl sites for hydroxylation is 1. The van der Waals surface area contributed by atoms with Crippen molar-refractivity contribution in [3.05, 3.63) is 16.7 Å². The van der Waals surface area contributed by atoms with Crippen LogP contribution in [0, 0.1) is 0 Å². The van der Waals surface area contributed by atoms with E-state index in [1.807, 2.05) is 10.6 Å². The third kappa shape index (κ3) is 2.19. The van der Waals surface area contributed by atoms with E-state index in [2.05, 4.69) is 32.8 Å². The van der Waals surface area contributed by atoms with E-state index in [4.69, 9.17) is 0 Å². The Morgan fingerprint density at radius 2 is 2.25 bits per heavy atom. The van der Waals surface area contributed by atoms with Crippen molar-refractivity contribution in [2.24, 2.45) is 0 Å². The Labute approximate surface area is 102 Å². The van der Waals surface area contributed by atoms with E-state index in [0.717, 1.165) is 35.8 Å². The summed E-state index contributed by atoms with van der Waals surface area (Å²) in [6.07, 6.45) is 5.04. The van der Waals surface area contributed by atoms with Crippen molar-refractivity contribution in [2.75, 3.05) is 0 Å². The standard InChI is InChI=1S/C11H14BrN3O/c1-2-3-4-5-15-9-6-8(12)7-13-10(9)14-11(15)16/h6-7H,2-5H2,1H3,(H,13,14,16). The monoisotopic (exact) mass is 283 g/mol. The molecule has 16 heavy (non-hydrogen) atoms. The molecule has 0 atom stereocenters. The molecule has 0 aliphatic rings. The summed E-state index contributed by atoms with van der Waals surface area (Å²) in [6, 6.07) is 1.98. The lowest BCUT2D eigenvalue weighted by atomic mass is 10.2. The molecule has 0 aromatic carbocycles. The Kier molecular flexibility index (Phi) is 3.43. The molecule has 0 aliphatic carbocycles. The van der Waals surface area contributed by atoms with Crippen LogP contribution in [0.5, 0.6) is 6.01 Å². The molecule has 0 fully saturated rings. The molecule has 0 amide bonds. The SMILES string of the molecule is CCCCCn1c(O)nc2ncc(Br)cc21. The van der Waals surface area contributed by atoms with Crippen LogP contribution < -0.4 is 0 Å². The Hall–Kier alpha value is -1.10. The second-order valence-electron chi connectivity index (χ2n) is 3.77. The molecular formula is C11H14BrN3O. The lowest BCUT2D eigenvalue weighted by molar-refractivity contribution is 0.397. The molecule has 0 spiro atoms. The second-order valence-corrected chi connectivity index (χ2v) is 4.68. The van der Waals surface area contributed by atoms with Crippen molar-refractivity contribution < 1.29 is 5.11 Å². The van der Waals surface area contributed by atoms with Crippen molar-refractivity contribution in [1.82, 2.24) is 14.5 Å². The van der Waals surface area contributed by atoms with Gasteiger partial charge in [-0.1, -0.05) is 19.8 Å².